The molecule has 1 aliphatic heterocycles. The Labute approximate surface area is 142 Å². The van der Waals surface area contributed by atoms with Crippen LogP contribution >= 0.6 is 0 Å². The summed E-state index contributed by atoms with van der Waals surface area (Å²) >= 11 is 0. The molecule has 0 aliphatic carbocycles. The average molecular weight is 348 g/mol. The molecule has 0 saturated heterocycles. The minimum atomic E-state index is -4.73. The fraction of sp³-hybridized carbons (Fsp3) is 0.222. The molecular weight excluding hydrogens is 333 g/mol. The van der Waals surface area contributed by atoms with Crippen LogP contribution in [0.2, 0.25) is 0 Å². The average Bonchev–Trinajstić information content (AvgIpc) is 2.94. The number of benzene rings is 2. The van der Waals surface area contributed by atoms with E-state index < -0.39 is 29.9 Å². The predicted octanol–water partition coefficient (Wildman–Crippen LogP) is 3.60. The van der Waals surface area contributed by atoms with Gasteiger partial charge in [0.05, 0.1) is 6.42 Å². The third-order valence-corrected chi connectivity index (χ3v) is 4.01. The molecule has 1 heterocycles. The summed E-state index contributed by atoms with van der Waals surface area (Å²) in [5.74, 6) is -0.797. The van der Waals surface area contributed by atoms with E-state index in [9.17, 15) is 23.1 Å². The Morgan fingerprint density at radius 2 is 1.84 bits per heavy atom. The molecule has 1 aliphatic rings. The summed E-state index contributed by atoms with van der Waals surface area (Å²) in [5, 5.41) is 14.9. The number of aryl methyl sites for hydroxylation is 1. The van der Waals surface area contributed by atoms with Crippen molar-refractivity contribution in [2.45, 2.75) is 25.2 Å². The van der Waals surface area contributed by atoms with Gasteiger partial charge in [-0.1, -0.05) is 48.0 Å². The van der Waals surface area contributed by atoms with Crippen molar-refractivity contribution in [3.05, 3.63) is 71.3 Å². The highest BCUT2D eigenvalue weighted by molar-refractivity contribution is 5.99. The third-order valence-electron chi connectivity index (χ3n) is 4.01. The first kappa shape index (κ1) is 17.2. The van der Waals surface area contributed by atoms with Crippen LogP contribution in [0.4, 0.5) is 13.2 Å². The van der Waals surface area contributed by atoms with E-state index in [0.717, 1.165) is 5.56 Å². The topological polar surface area (TPSA) is 52.9 Å². The Morgan fingerprint density at radius 1 is 1.16 bits per heavy atom. The SMILES string of the molecule is Cc1cccc(C(=O)N2N=C(C(F)(F)F)CC2(O)c2ccccc2)c1. The number of carbonyl (C=O) groups excluding carboxylic acids is 1. The molecule has 0 saturated carbocycles. The van der Waals surface area contributed by atoms with Crippen molar-refractivity contribution in [2.75, 3.05) is 0 Å². The second-order valence-corrected chi connectivity index (χ2v) is 5.89. The lowest BCUT2D eigenvalue weighted by molar-refractivity contribution is -0.0816. The van der Waals surface area contributed by atoms with E-state index in [2.05, 4.69) is 5.10 Å². The number of hydrazone groups is 1. The zero-order chi connectivity index (χ0) is 18.2. The van der Waals surface area contributed by atoms with E-state index in [1.807, 2.05) is 0 Å². The zero-order valence-electron chi connectivity index (χ0n) is 13.3. The fourth-order valence-electron chi connectivity index (χ4n) is 2.75. The molecule has 0 spiro atoms. The molecule has 130 valence electrons. The summed E-state index contributed by atoms with van der Waals surface area (Å²) < 4.78 is 39.4. The molecule has 1 amide bonds. The van der Waals surface area contributed by atoms with Crippen LogP contribution in [0.3, 0.4) is 0 Å². The van der Waals surface area contributed by atoms with Gasteiger partial charge in [-0.05, 0) is 19.1 Å². The van der Waals surface area contributed by atoms with Crippen molar-refractivity contribution >= 4 is 11.6 Å². The van der Waals surface area contributed by atoms with Crippen LogP contribution < -0.4 is 0 Å². The quantitative estimate of drug-likeness (QED) is 0.901. The van der Waals surface area contributed by atoms with E-state index in [0.29, 0.717) is 5.01 Å². The molecule has 0 radical (unpaired) electrons. The van der Waals surface area contributed by atoms with E-state index in [-0.39, 0.29) is 11.1 Å². The Kier molecular flexibility index (Phi) is 4.12. The fourth-order valence-corrected chi connectivity index (χ4v) is 2.75. The Hall–Kier alpha value is -2.67. The lowest BCUT2D eigenvalue weighted by Crippen LogP contribution is -2.43. The van der Waals surface area contributed by atoms with Crippen molar-refractivity contribution in [1.82, 2.24) is 5.01 Å². The summed E-state index contributed by atoms with van der Waals surface area (Å²) in [5.41, 5.74) is -2.29. The molecule has 7 heteroatoms. The van der Waals surface area contributed by atoms with Gasteiger partial charge in [0.15, 0.2) is 5.72 Å². The van der Waals surface area contributed by atoms with E-state index in [1.165, 1.54) is 24.3 Å². The smallest absolute Gasteiger partial charge is 0.365 e. The second-order valence-electron chi connectivity index (χ2n) is 5.89. The number of alkyl halides is 3. The van der Waals surface area contributed by atoms with Crippen molar-refractivity contribution in [2.24, 2.45) is 5.10 Å². The van der Waals surface area contributed by atoms with Gasteiger partial charge < -0.3 is 5.11 Å². The monoisotopic (exact) mass is 348 g/mol. The summed E-state index contributed by atoms with van der Waals surface area (Å²) in [6.45, 7) is 1.76. The molecule has 1 unspecified atom stereocenters. The standard InChI is InChI=1S/C18H15F3N2O2/c1-12-6-5-7-13(10-12)16(24)23-17(25,14-8-3-2-4-9-14)11-15(22-23)18(19,20)21/h2-10,25H,11H2,1H3. The molecule has 1 atom stereocenters. The van der Waals surface area contributed by atoms with Crippen LogP contribution in [0.1, 0.15) is 27.9 Å². The Morgan fingerprint density at radius 3 is 2.44 bits per heavy atom. The molecular formula is C18H15F3N2O2. The lowest BCUT2D eigenvalue weighted by Gasteiger charge is -2.31. The van der Waals surface area contributed by atoms with Gasteiger partial charge in [0.2, 0.25) is 0 Å². The summed E-state index contributed by atoms with van der Waals surface area (Å²) in [6.07, 6.45) is -5.55. The van der Waals surface area contributed by atoms with E-state index in [4.69, 9.17) is 0 Å². The van der Waals surface area contributed by atoms with Crippen LogP contribution in [0, 0.1) is 6.92 Å². The van der Waals surface area contributed by atoms with Crippen LogP contribution in [0.25, 0.3) is 0 Å². The number of hydrogen-bond donors (Lipinski definition) is 1. The first-order chi connectivity index (χ1) is 11.7. The highest BCUT2D eigenvalue weighted by Gasteiger charge is 2.53. The van der Waals surface area contributed by atoms with Gasteiger partial charge >= 0.3 is 6.18 Å². The third kappa shape index (κ3) is 3.15. The summed E-state index contributed by atoms with van der Waals surface area (Å²) in [7, 11) is 0. The molecule has 4 nitrogen and oxygen atoms in total. The van der Waals surface area contributed by atoms with E-state index >= 15 is 0 Å². The maximum atomic E-state index is 13.1. The van der Waals surface area contributed by atoms with Crippen molar-refractivity contribution in [3.8, 4) is 0 Å². The van der Waals surface area contributed by atoms with Crippen LogP contribution in [-0.4, -0.2) is 27.9 Å². The van der Waals surface area contributed by atoms with Gasteiger partial charge in [0.25, 0.3) is 5.91 Å². The van der Waals surface area contributed by atoms with Crippen LogP contribution in [0.5, 0.6) is 0 Å². The Balaban J connectivity index is 2.08. The predicted molar refractivity (Wildman–Crippen MR) is 85.8 cm³/mol. The maximum Gasteiger partial charge on any atom is 0.431 e. The van der Waals surface area contributed by atoms with Crippen molar-refractivity contribution < 1.29 is 23.1 Å². The van der Waals surface area contributed by atoms with Gasteiger partial charge in [0, 0.05) is 11.1 Å². The molecule has 0 fully saturated rings. The molecule has 3 rings (SSSR count). The number of aliphatic hydroxyl groups is 1. The molecule has 25 heavy (non-hydrogen) atoms. The number of carbonyl (C=O) groups is 1. The van der Waals surface area contributed by atoms with Crippen LogP contribution in [-0.2, 0) is 5.72 Å². The molecule has 2 aromatic rings. The van der Waals surface area contributed by atoms with Gasteiger partial charge in [-0.2, -0.15) is 23.3 Å². The second kappa shape index (κ2) is 6.00. The largest absolute Gasteiger partial charge is 0.431 e. The minimum absolute atomic E-state index is 0.154. The number of rotatable bonds is 2. The summed E-state index contributed by atoms with van der Waals surface area (Å²) in [6, 6.07) is 14.1. The molecule has 0 bridgehead atoms. The lowest BCUT2D eigenvalue weighted by atomic mass is 9.96. The van der Waals surface area contributed by atoms with Gasteiger partial charge in [0.1, 0.15) is 5.71 Å². The van der Waals surface area contributed by atoms with Gasteiger partial charge in [-0.25, -0.2) is 0 Å². The maximum absolute atomic E-state index is 13.1. The molecule has 0 aromatic heterocycles. The highest BCUT2D eigenvalue weighted by atomic mass is 19.4. The van der Waals surface area contributed by atoms with Crippen molar-refractivity contribution in [1.29, 1.82) is 0 Å². The van der Waals surface area contributed by atoms with Crippen LogP contribution in [0.15, 0.2) is 59.7 Å². The normalized spacial score (nSPS) is 20.5. The Bertz CT molecular complexity index is 834. The first-order valence-electron chi connectivity index (χ1n) is 7.55. The van der Waals surface area contributed by atoms with Gasteiger partial charge in [-0.3, -0.25) is 4.79 Å². The van der Waals surface area contributed by atoms with Crippen molar-refractivity contribution in [3.63, 3.8) is 0 Å². The number of nitrogens with zero attached hydrogens (tertiary/aromatic N) is 2. The minimum Gasteiger partial charge on any atom is -0.365 e. The first-order valence-corrected chi connectivity index (χ1v) is 7.55. The molecule has 1 N–H and O–H groups in total. The van der Waals surface area contributed by atoms with Gasteiger partial charge in [-0.15, -0.1) is 0 Å². The highest BCUT2D eigenvalue weighted by Crippen LogP contribution is 2.40. The zero-order valence-corrected chi connectivity index (χ0v) is 13.3. The molecule has 2 aromatic carbocycles. The number of hydrogen-bond acceptors (Lipinski definition) is 3. The van der Waals surface area contributed by atoms with E-state index in [1.54, 1.807) is 37.3 Å². The summed E-state index contributed by atoms with van der Waals surface area (Å²) in [4.78, 5) is 12.8. The number of amides is 1. The number of halogens is 3.